The van der Waals surface area contributed by atoms with Gasteiger partial charge < -0.3 is 24.7 Å². The third-order valence-corrected chi connectivity index (χ3v) is 5.31. The molecular formula is C20H27N3O3. The molecule has 2 saturated heterocycles. The summed E-state index contributed by atoms with van der Waals surface area (Å²) < 4.78 is 11.7. The lowest BCUT2D eigenvalue weighted by Crippen LogP contribution is -2.59. The lowest BCUT2D eigenvalue weighted by molar-refractivity contribution is -0.125. The van der Waals surface area contributed by atoms with E-state index in [4.69, 9.17) is 9.47 Å². The number of ether oxygens (including phenoxy) is 2. The molecule has 1 amide bonds. The molecule has 1 spiro atoms. The van der Waals surface area contributed by atoms with E-state index < -0.39 is 5.60 Å². The Morgan fingerprint density at radius 3 is 3.00 bits per heavy atom. The SMILES string of the molecule is CC(C)c1ccc2cc(C(=O)N3CCOC4(CNCCOC4)C3)[nH]c2c1. The summed E-state index contributed by atoms with van der Waals surface area (Å²) in [7, 11) is 0. The van der Waals surface area contributed by atoms with E-state index in [0.29, 0.717) is 51.1 Å². The van der Waals surface area contributed by atoms with Gasteiger partial charge in [-0.05, 0) is 23.6 Å². The van der Waals surface area contributed by atoms with Crippen molar-refractivity contribution < 1.29 is 14.3 Å². The van der Waals surface area contributed by atoms with Gasteiger partial charge in [0.25, 0.3) is 5.91 Å². The van der Waals surface area contributed by atoms with E-state index in [1.54, 1.807) is 0 Å². The fourth-order valence-electron chi connectivity index (χ4n) is 3.77. The number of nitrogens with zero attached hydrogens (tertiary/aromatic N) is 1. The van der Waals surface area contributed by atoms with E-state index in [0.717, 1.165) is 17.4 Å². The lowest BCUT2D eigenvalue weighted by Gasteiger charge is -2.41. The molecule has 6 heteroatoms. The Morgan fingerprint density at radius 1 is 1.27 bits per heavy atom. The largest absolute Gasteiger partial charge is 0.377 e. The van der Waals surface area contributed by atoms with Crippen LogP contribution in [0.5, 0.6) is 0 Å². The second-order valence-electron chi connectivity index (χ2n) is 7.67. The number of hydrogen-bond acceptors (Lipinski definition) is 4. The van der Waals surface area contributed by atoms with E-state index in [1.165, 1.54) is 5.56 Å². The predicted molar refractivity (Wildman–Crippen MR) is 101 cm³/mol. The molecule has 1 aromatic heterocycles. The van der Waals surface area contributed by atoms with Gasteiger partial charge in [-0.25, -0.2) is 0 Å². The number of benzene rings is 1. The molecule has 1 atom stereocenters. The van der Waals surface area contributed by atoms with Gasteiger partial charge in [0, 0.05) is 30.5 Å². The Kier molecular flexibility index (Phi) is 4.73. The molecule has 2 aliphatic heterocycles. The maximum Gasteiger partial charge on any atom is 0.270 e. The van der Waals surface area contributed by atoms with Crippen molar-refractivity contribution in [1.82, 2.24) is 15.2 Å². The molecule has 2 fully saturated rings. The first kappa shape index (κ1) is 17.5. The van der Waals surface area contributed by atoms with Gasteiger partial charge in [-0.15, -0.1) is 0 Å². The van der Waals surface area contributed by atoms with Crippen molar-refractivity contribution in [3.63, 3.8) is 0 Å². The molecule has 0 aliphatic carbocycles. The monoisotopic (exact) mass is 357 g/mol. The first-order valence-electron chi connectivity index (χ1n) is 9.41. The van der Waals surface area contributed by atoms with Crippen LogP contribution in [-0.2, 0) is 9.47 Å². The van der Waals surface area contributed by atoms with Crippen molar-refractivity contribution >= 4 is 16.8 Å². The lowest BCUT2D eigenvalue weighted by atomic mass is 10.0. The standard InChI is InChI=1S/C20H27N3O3/c1-14(2)15-3-4-16-10-18(22-17(16)9-15)19(24)23-6-8-26-20(12-23)11-21-5-7-25-13-20/h3-4,9-10,14,21-22H,5-8,11-13H2,1-2H3. The molecule has 0 radical (unpaired) electrons. The number of H-pyrrole nitrogens is 1. The molecule has 140 valence electrons. The zero-order valence-electron chi connectivity index (χ0n) is 15.5. The van der Waals surface area contributed by atoms with Crippen LogP contribution in [0.1, 0.15) is 35.8 Å². The average molecular weight is 357 g/mol. The maximum absolute atomic E-state index is 13.1. The van der Waals surface area contributed by atoms with Crippen LogP contribution in [-0.4, -0.2) is 67.4 Å². The number of aromatic nitrogens is 1. The summed E-state index contributed by atoms with van der Waals surface area (Å²) in [4.78, 5) is 18.3. The quantitative estimate of drug-likeness (QED) is 0.864. The molecule has 4 rings (SSSR count). The van der Waals surface area contributed by atoms with Gasteiger partial charge in [-0.1, -0.05) is 26.0 Å². The summed E-state index contributed by atoms with van der Waals surface area (Å²) >= 11 is 0. The van der Waals surface area contributed by atoms with Crippen molar-refractivity contribution in [3.8, 4) is 0 Å². The molecule has 0 bridgehead atoms. The minimum Gasteiger partial charge on any atom is -0.377 e. The Bertz CT molecular complexity index is 791. The number of carbonyl (C=O) groups is 1. The summed E-state index contributed by atoms with van der Waals surface area (Å²) in [5.41, 5.74) is 2.48. The number of morpholine rings is 1. The number of rotatable bonds is 2. The molecule has 3 heterocycles. The third kappa shape index (κ3) is 3.37. The Labute approximate surface area is 153 Å². The van der Waals surface area contributed by atoms with Crippen LogP contribution in [0.3, 0.4) is 0 Å². The zero-order valence-corrected chi connectivity index (χ0v) is 15.5. The number of fused-ring (bicyclic) bond motifs is 1. The smallest absolute Gasteiger partial charge is 0.270 e. The Hall–Kier alpha value is -1.89. The van der Waals surface area contributed by atoms with Crippen LogP contribution in [0, 0.1) is 0 Å². The van der Waals surface area contributed by atoms with E-state index in [-0.39, 0.29) is 5.91 Å². The highest BCUT2D eigenvalue weighted by Gasteiger charge is 2.39. The van der Waals surface area contributed by atoms with Gasteiger partial charge in [-0.2, -0.15) is 0 Å². The number of carbonyl (C=O) groups excluding carboxylic acids is 1. The van der Waals surface area contributed by atoms with Gasteiger partial charge in [0.1, 0.15) is 11.3 Å². The topological polar surface area (TPSA) is 66.6 Å². The molecule has 1 unspecified atom stereocenters. The minimum atomic E-state index is -0.443. The summed E-state index contributed by atoms with van der Waals surface area (Å²) in [6.07, 6.45) is 0. The summed E-state index contributed by atoms with van der Waals surface area (Å²) in [6, 6.07) is 8.31. The Morgan fingerprint density at radius 2 is 2.15 bits per heavy atom. The highest BCUT2D eigenvalue weighted by atomic mass is 16.5. The van der Waals surface area contributed by atoms with Crippen LogP contribution >= 0.6 is 0 Å². The number of amides is 1. The second-order valence-corrected chi connectivity index (χ2v) is 7.67. The summed E-state index contributed by atoms with van der Waals surface area (Å²) in [5.74, 6) is 0.489. The summed E-state index contributed by atoms with van der Waals surface area (Å²) in [5, 5.41) is 4.42. The molecule has 2 N–H and O–H groups in total. The maximum atomic E-state index is 13.1. The first-order valence-corrected chi connectivity index (χ1v) is 9.41. The third-order valence-electron chi connectivity index (χ3n) is 5.31. The van der Waals surface area contributed by atoms with Crippen LogP contribution < -0.4 is 5.32 Å². The molecule has 26 heavy (non-hydrogen) atoms. The molecule has 6 nitrogen and oxygen atoms in total. The number of hydrogen-bond donors (Lipinski definition) is 2. The van der Waals surface area contributed by atoms with Crippen molar-refractivity contribution in [2.75, 3.05) is 46.0 Å². The molecule has 2 aliphatic rings. The molecule has 2 aromatic rings. The Balaban J connectivity index is 1.55. The van der Waals surface area contributed by atoms with E-state index in [2.05, 4.69) is 42.3 Å². The van der Waals surface area contributed by atoms with E-state index >= 15 is 0 Å². The molecule has 1 aromatic carbocycles. The van der Waals surface area contributed by atoms with Crippen molar-refractivity contribution in [1.29, 1.82) is 0 Å². The van der Waals surface area contributed by atoms with Crippen molar-refractivity contribution in [2.45, 2.75) is 25.4 Å². The van der Waals surface area contributed by atoms with Crippen molar-refractivity contribution in [3.05, 3.63) is 35.5 Å². The van der Waals surface area contributed by atoms with Crippen LogP contribution in [0.15, 0.2) is 24.3 Å². The summed E-state index contributed by atoms with van der Waals surface area (Å²) in [6.45, 7) is 8.76. The molecule has 0 saturated carbocycles. The van der Waals surface area contributed by atoms with Gasteiger partial charge in [0.15, 0.2) is 0 Å². The van der Waals surface area contributed by atoms with E-state index in [1.807, 2.05) is 11.0 Å². The van der Waals surface area contributed by atoms with Gasteiger partial charge >= 0.3 is 0 Å². The van der Waals surface area contributed by atoms with E-state index in [9.17, 15) is 4.79 Å². The number of nitrogens with one attached hydrogen (secondary N) is 2. The predicted octanol–water partition coefficient (Wildman–Crippen LogP) is 2.12. The van der Waals surface area contributed by atoms with Gasteiger partial charge in [-0.3, -0.25) is 4.79 Å². The average Bonchev–Trinajstić information content (AvgIpc) is 2.95. The number of aromatic amines is 1. The second kappa shape index (κ2) is 7.02. The van der Waals surface area contributed by atoms with Crippen LogP contribution in [0.25, 0.3) is 10.9 Å². The van der Waals surface area contributed by atoms with Gasteiger partial charge in [0.2, 0.25) is 0 Å². The normalized spacial score (nSPS) is 24.3. The highest BCUT2D eigenvalue weighted by molar-refractivity contribution is 5.98. The van der Waals surface area contributed by atoms with Crippen LogP contribution in [0.4, 0.5) is 0 Å². The van der Waals surface area contributed by atoms with Crippen LogP contribution in [0.2, 0.25) is 0 Å². The molecular weight excluding hydrogens is 330 g/mol. The zero-order chi connectivity index (χ0) is 18.1. The fraction of sp³-hybridized carbons (Fsp3) is 0.550. The van der Waals surface area contributed by atoms with Crippen molar-refractivity contribution in [2.24, 2.45) is 0 Å². The minimum absolute atomic E-state index is 0.0271. The van der Waals surface area contributed by atoms with Gasteiger partial charge in [0.05, 0.1) is 26.4 Å². The fourth-order valence-corrected chi connectivity index (χ4v) is 3.77. The first-order chi connectivity index (χ1) is 12.6. The highest BCUT2D eigenvalue weighted by Crippen LogP contribution is 2.25.